The van der Waals surface area contributed by atoms with Gasteiger partial charge in [0, 0.05) is 19.6 Å². The Kier molecular flexibility index (Phi) is 6.71. The fraction of sp³-hybridized carbons (Fsp3) is 0.353. The SMILES string of the molecule is C[Si](C)(C)CCOCn1c(Cl)nc2nc(Sc3cccc(Cl)c3Cl)ncc21. The molecule has 0 bridgehead atoms. The smallest absolute Gasteiger partial charge is 0.207 e. The predicted octanol–water partition coefficient (Wildman–Crippen LogP) is 6.25. The van der Waals surface area contributed by atoms with Crippen molar-refractivity contribution in [1.82, 2.24) is 19.5 Å². The van der Waals surface area contributed by atoms with Gasteiger partial charge in [0.1, 0.15) is 12.2 Å². The van der Waals surface area contributed by atoms with Crippen LogP contribution in [0.1, 0.15) is 0 Å². The third-order valence-electron chi connectivity index (χ3n) is 3.77. The average molecular weight is 462 g/mol. The molecule has 3 aromatic rings. The topological polar surface area (TPSA) is 52.8 Å². The molecule has 0 N–H and O–H groups in total. The molecule has 0 aliphatic carbocycles. The van der Waals surface area contributed by atoms with Gasteiger partial charge in [-0.3, -0.25) is 4.57 Å². The fourth-order valence-electron chi connectivity index (χ4n) is 2.24. The van der Waals surface area contributed by atoms with Crippen molar-refractivity contribution in [3.8, 4) is 0 Å². The third-order valence-corrected chi connectivity index (χ3v) is 7.64. The van der Waals surface area contributed by atoms with Crippen LogP contribution in [-0.2, 0) is 11.5 Å². The van der Waals surface area contributed by atoms with Gasteiger partial charge in [-0.05, 0) is 41.5 Å². The minimum absolute atomic E-state index is 0.329. The lowest BCUT2D eigenvalue weighted by Gasteiger charge is -2.15. The molecular weight excluding hydrogens is 443 g/mol. The highest BCUT2D eigenvalue weighted by Crippen LogP contribution is 2.36. The van der Waals surface area contributed by atoms with E-state index in [1.165, 1.54) is 11.8 Å². The molecule has 0 saturated heterocycles. The van der Waals surface area contributed by atoms with Gasteiger partial charge in [0.05, 0.1) is 16.2 Å². The van der Waals surface area contributed by atoms with Gasteiger partial charge in [-0.2, -0.15) is 4.98 Å². The van der Waals surface area contributed by atoms with Gasteiger partial charge >= 0.3 is 0 Å². The normalized spacial score (nSPS) is 12.1. The first-order valence-electron chi connectivity index (χ1n) is 8.33. The van der Waals surface area contributed by atoms with E-state index >= 15 is 0 Å². The van der Waals surface area contributed by atoms with Gasteiger partial charge in [0.2, 0.25) is 5.28 Å². The van der Waals surface area contributed by atoms with Crippen LogP contribution in [0.5, 0.6) is 0 Å². The van der Waals surface area contributed by atoms with Crippen LogP contribution >= 0.6 is 46.6 Å². The second-order valence-corrected chi connectivity index (χ2v) is 14.9. The van der Waals surface area contributed by atoms with E-state index in [4.69, 9.17) is 39.5 Å². The van der Waals surface area contributed by atoms with E-state index in [2.05, 4.69) is 34.6 Å². The molecule has 3 rings (SSSR count). The van der Waals surface area contributed by atoms with Crippen LogP contribution in [0.15, 0.2) is 34.4 Å². The van der Waals surface area contributed by atoms with Crippen molar-refractivity contribution >= 4 is 65.8 Å². The summed E-state index contributed by atoms with van der Waals surface area (Å²) in [6.45, 7) is 7.98. The molecule has 0 amide bonds. The minimum Gasteiger partial charge on any atom is -0.361 e. The summed E-state index contributed by atoms with van der Waals surface area (Å²) < 4.78 is 7.54. The Bertz CT molecular complexity index is 961. The van der Waals surface area contributed by atoms with Gasteiger partial charge in [-0.1, -0.05) is 48.9 Å². The van der Waals surface area contributed by atoms with Crippen molar-refractivity contribution in [3.63, 3.8) is 0 Å². The zero-order valence-electron chi connectivity index (χ0n) is 15.2. The summed E-state index contributed by atoms with van der Waals surface area (Å²) in [5.41, 5.74) is 1.25. The van der Waals surface area contributed by atoms with Crippen LogP contribution in [0.2, 0.25) is 41.0 Å². The molecule has 0 saturated carbocycles. The molecule has 0 unspecified atom stereocenters. The van der Waals surface area contributed by atoms with Gasteiger partial charge in [-0.15, -0.1) is 0 Å². The van der Waals surface area contributed by atoms with Gasteiger partial charge in [0.25, 0.3) is 0 Å². The number of ether oxygens (including phenoxy) is 1. The Morgan fingerprint density at radius 2 is 1.93 bits per heavy atom. The molecule has 10 heteroatoms. The summed E-state index contributed by atoms with van der Waals surface area (Å²) >= 11 is 19.9. The summed E-state index contributed by atoms with van der Waals surface area (Å²) in [6, 6.07) is 6.53. The number of hydrogen-bond acceptors (Lipinski definition) is 5. The quantitative estimate of drug-likeness (QED) is 0.180. The number of fused-ring (bicyclic) bond motifs is 1. The van der Waals surface area contributed by atoms with Gasteiger partial charge in [0.15, 0.2) is 10.8 Å². The molecule has 0 aliphatic rings. The third kappa shape index (κ3) is 5.37. The highest BCUT2D eigenvalue weighted by atomic mass is 35.5. The maximum absolute atomic E-state index is 6.26. The summed E-state index contributed by atoms with van der Waals surface area (Å²) in [6.07, 6.45) is 1.70. The van der Waals surface area contributed by atoms with Crippen LogP contribution in [0.4, 0.5) is 0 Å². The minimum atomic E-state index is -1.13. The highest BCUT2D eigenvalue weighted by Gasteiger charge is 2.15. The molecule has 0 spiro atoms. The first-order chi connectivity index (χ1) is 12.7. The summed E-state index contributed by atoms with van der Waals surface area (Å²) in [5.74, 6) is 0. The number of halogens is 3. The number of imidazole rings is 1. The standard InChI is InChI=1S/C17H19Cl3N4OSSi/c1-27(2,3)8-7-25-10-24-12-9-21-17(23-15(12)22-16(24)20)26-13-6-4-5-11(18)14(13)19/h4-6,9H,7-8,10H2,1-3H3. The molecule has 1 aromatic carbocycles. The second-order valence-electron chi connectivity index (χ2n) is 7.17. The maximum Gasteiger partial charge on any atom is 0.207 e. The van der Waals surface area contributed by atoms with E-state index in [0.717, 1.165) is 16.5 Å². The highest BCUT2D eigenvalue weighted by molar-refractivity contribution is 7.99. The Morgan fingerprint density at radius 1 is 1.15 bits per heavy atom. The molecule has 0 fully saturated rings. The molecule has 0 atom stereocenters. The summed E-state index contributed by atoms with van der Waals surface area (Å²) in [5, 5.41) is 1.82. The number of benzene rings is 1. The first kappa shape index (κ1) is 20.9. The molecule has 27 heavy (non-hydrogen) atoms. The monoisotopic (exact) mass is 460 g/mol. The Labute approximate surface area is 178 Å². The lowest BCUT2D eigenvalue weighted by molar-refractivity contribution is 0.0900. The Hall–Kier alpha value is -0.833. The number of rotatable bonds is 7. The van der Waals surface area contributed by atoms with Crippen molar-refractivity contribution < 1.29 is 4.74 Å². The molecule has 0 radical (unpaired) electrons. The molecule has 5 nitrogen and oxygen atoms in total. The molecule has 0 aliphatic heterocycles. The number of aromatic nitrogens is 4. The number of nitrogens with zero attached hydrogens (tertiary/aromatic N) is 4. The van der Waals surface area contributed by atoms with Crippen molar-refractivity contribution in [2.24, 2.45) is 0 Å². The van der Waals surface area contributed by atoms with E-state index in [9.17, 15) is 0 Å². The van der Waals surface area contributed by atoms with Crippen molar-refractivity contribution in [3.05, 3.63) is 39.7 Å². The lowest BCUT2D eigenvalue weighted by Crippen LogP contribution is -2.22. The van der Waals surface area contributed by atoms with Crippen LogP contribution in [0.25, 0.3) is 11.2 Å². The van der Waals surface area contributed by atoms with E-state index in [-0.39, 0.29) is 0 Å². The van der Waals surface area contributed by atoms with Crippen molar-refractivity contribution in [2.45, 2.75) is 42.5 Å². The first-order valence-corrected chi connectivity index (χ1v) is 14.0. The average Bonchev–Trinajstić information content (AvgIpc) is 2.89. The largest absolute Gasteiger partial charge is 0.361 e. The maximum atomic E-state index is 6.26. The van der Waals surface area contributed by atoms with E-state index in [1.54, 1.807) is 16.8 Å². The van der Waals surface area contributed by atoms with Gasteiger partial charge in [-0.25, -0.2) is 9.97 Å². The summed E-state index contributed by atoms with van der Waals surface area (Å²) in [4.78, 5) is 14.0. The summed E-state index contributed by atoms with van der Waals surface area (Å²) in [7, 11) is -1.13. The van der Waals surface area contributed by atoms with E-state index in [1.807, 2.05) is 12.1 Å². The predicted molar refractivity (Wildman–Crippen MR) is 115 cm³/mol. The van der Waals surface area contributed by atoms with Gasteiger partial charge < -0.3 is 4.74 Å². The molecule has 144 valence electrons. The fourth-order valence-corrected chi connectivity index (χ4v) is 4.47. The number of hydrogen-bond donors (Lipinski definition) is 0. The van der Waals surface area contributed by atoms with E-state index in [0.29, 0.717) is 39.5 Å². The lowest BCUT2D eigenvalue weighted by atomic mass is 10.4. The van der Waals surface area contributed by atoms with Crippen LogP contribution < -0.4 is 0 Å². The van der Waals surface area contributed by atoms with Crippen molar-refractivity contribution in [1.29, 1.82) is 0 Å². The zero-order chi connectivity index (χ0) is 19.6. The molecule has 2 aromatic heterocycles. The molecule has 2 heterocycles. The van der Waals surface area contributed by atoms with Crippen molar-refractivity contribution in [2.75, 3.05) is 6.61 Å². The van der Waals surface area contributed by atoms with Crippen LogP contribution in [-0.4, -0.2) is 34.2 Å². The molecular formula is C17H19Cl3N4OSSi. The van der Waals surface area contributed by atoms with Crippen LogP contribution in [0.3, 0.4) is 0 Å². The van der Waals surface area contributed by atoms with E-state index < -0.39 is 8.07 Å². The Morgan fingerprint density at radius 3 is 2.67 bits per heavy atom. The second kappa shape index (κ2) is 8.67. The van der Waals surface area contributed by atoms with Crippen LogP contribution in [0, 0.1) is 0 Å². The zero-order valence-corrected chi connectivity index (χ0v) is 19.3. The Balaban J connectivity index is 1.76.